The van der Waals surface area contributed by atoms with Crippen molar-refractivity contribution in [1.82, 2.24) is 0 Å². The predicted octanol–water partition coefficient (Wildman–Crippen LogP) is 1.68. The lowest BCUT2D eigenvalue weighted by Crippen LogP contribution is -2.35. The lowest BCUT2D eigenvalue weighted by molar-refractivity contribution is -0.0719. The van der Waals surface area contributed by atoms with E-state index in [0.29, 0.717) is 37.7 Å². The second-order valence-corrected chi connectivity index (χ2v) is 3.73. The quantitative estimate of drug-likeness (QED) is 0.746. The van der Waals surface area contributed by atoms with Gasteiger partial charge in [-0.25, -0.2) is 0 Å². The summed E-state index contributed by atoms with van der Waals surface area (Å²) in [6.45, 7) is 3.76. The molecule has 0 amide bonds. The SMILES string of the molecule is CCOc1ccccc1C(=O)C1COCCO1. The normalized spacial score (nSPS) is 19.9. The lowest BCUT2D eigenvalue weighted by Gasteiger charge is -2.22. The van der Waals surface area contributed by atoms with Crippen LogP contribution in [0.4, 0.5) is 0 Å². The van der Waals surface area contributed by atoms with Crippen LogP contribution in [0, 0.1) is 0 Å². The molecule has 1 aromatic rings. The summed E-state index contributed by atoms with van der Waals surface area (Å²) in [5, 5.41) is 0. The Kier molecular flexibility index (Phi) is 4.12. The minimum Gasteiger partial charge on any atom is -0.493 e. The van der Waals surface area contributed by atoms with Gasteiger partial charge in [0.05, 0.1) is 32.0 Å². The average Bonchev–Trinajstić information content (AvgIpc) is 2.40. The van der Waals surface area contributed by atoms with Gasteiger partial charge in [-0.1, -0.05) is 12.1 Å². The number of hydrogen-bond acceptors (Lipinski definition) is 4. The number of carbonyl (C=O) groups excluding carboxylic acids is 1. The maximum absolute atomic E-state index is 12.2. The Morgan fingerprint density at radius 3 is 2.94 bits per heavy atom. The molecule has 0 bridgehead atoms. The van der Waals surface area contributed by atoms with Crippen molar-refractivity contribution < 1.29 is 19.0 Å². The summed E-state index contributed by atoms with van der Waals surface area (Å²) in [5.41, 5.74) is 0.560. The standard InChI is InChI=1S/C13H16O4/c1-2-16-11-6-4-3-5-10(11)13(14)12-9-15-7-8-17-12/h3-6,12H,2,7-9H2,1H3. The molecule has 4 heteroatoms. The number of rotatable bonds is 4. The van der Waals surface area contributed by atoms with Crippen molar-refractivity contribution in [2.75, 3.05) is 26.4 Å². The molecule has 1 aliphatic heterocycles. The van der Waals surface area contributed by atoms with Crippen LogP contribution in [-0.2, 0) is 9.47 Å². The fraction of sp³-hybridized carbons (Fsp3) is 0.462. The van der Waals surface area contributed by atoms with E-state index in [-0.39, 0.29) is 5.78 Å². The molecular formula is C13H16O4. The largest absolute Gasteiger partial charge is 0.493 e. The molecule has 0 N–H and O–H groups in total. The monoisotopic (exact) mass is 236 g/mol. The van der Waals surface area contributed by atoms with Crippen LogP contribution in [0.2, 0.25) is 0 Å². The number of benzene rings is 1. The van der Waals surface area contributed by atoms with Crippen LogP contribution in [0.15, 0.2) is 24.3 Å². The minimum absolute atomic E-state index is 0.0752. The van der Waals surface area contributed by atoms with E-state index in [4.69, 9.17) is 14.2 Å². The highest BCUT2D eigenvalue weighted by atomic mass is 16.6. The summed E-state index contributed by atoms with van der Waals surface area (Å²) in [7, 11) is 0. The molecule has 0 aliphatic carbocycles. The Labute approximate surface area is 100 Å². The zero-order valence-corrected chi connectivity index (χ0v) is 9.85. The van der Waals surface area contributed by atoms with E-state index < -0.39 is 6.10 Å². The summed E-state index contributed by atoms with van der Waals surface area (Å²) in [6.07, 6.45) is -0.509. The molecular weight excluding hydrogens is 220 g/mol. The topological polar surface area (TPSA) is 44.8 Å². The predicted molar refractivity (Wildman–Crippen MR) is 62.5 cm³/mol. The Hall–Kier alpha value is -1.39. The van der Waals surface area contributed by atoms with E-state index >= 15 is 0 Å². The Morgan fingerprint density at radius 1 is 1.41 bits per heavy atom. The number of Topliss-reactive ketones (excluding diaryl/α,β-unsaturated/α-hetero) is 1. The van der Waals surface area contributed by atoms with Crippen molar-refractivity contribution in [2.45, 2.75) is 13.0 Å². The first-order valence-electron chi connectivity index (χ1n) is 5.78. The third kappa shape index (κ3) is 2.84. The van der Waals surface area contributed by atoms with Crippen LogP contribution in [-0.4, -0.2) is 38.3 Å². The van der Waals surface area contributed by atoms with Gasteiger partial charge in [0.1, 0.15) is 11.9 Å². The number of para-hydroxylation sites is 1. The van der Waals surface area contributed by atoms with Crippen molar-refractivity contribution in [2.24, 2.45) is 0 Å². The molecule has 0 saturated carbocycles. The molecule has 1 heterocycles. The molecule has 1 aliphatic rings. The summed E-state index contributed by atoms with van der Waals surface area (Å²) in [5.74, 6) is 0.530. The highest BCUT2D eigenvalue weighted by molar-refractivity contribution is 6.02. The number of ketones is 1. The van der Waals surface area contributed by atoms with Crippen LogP contribution >= 0.6 is 0 Å². The van der Waals surface area contributed by atoms with Gasteiger partial charge in [0, 0.05) is 0 Å². The van der Waals surface area contributed by atoms with Crippen LogP contribution in [0.5, 0.6) is 5.75 Å². The van der Waals surface area contributed by atoms with E-state index in [9.17, 15) is 4.79 Å². The van der Waals surface area contributed by atoms with Crippen LogP contribution < -0.4 is 4.74 Å². The van der Waals surface area contributed by atoms with Crippen molar-refractivity contribution in [3.63, 3.8) is 0 Å². The van der Waals surface area contributed by atoms with E-state index in [0.717, 1.165) is 0 Å². The second-order valence-electron chi connectivity index (χ2n) is 3.73. The summed E-state index contributed by atoms with van der Waals surface area (Å²) in [6, 6.07) is 7.21. The third-order valence-corrected chi connectivity index (χ3v) is 2.56. The van der Waals surface area contributed by atoms with Crippen LogP contribution in [0.3, 0.4) is 0 Å². The first kappa shape index (κ1) is 12.1. The first-order chi connectivity index (χ1) is 8.33. The molecule has 2 rings (SSSR count). The Balaban J connectivity index is 2.17. The third-order valence-electron chi connectivity index (χ3n) is 2.56. The zero-order valence-electron chi connectivity index (χ0n) is 9.85. The van der Waals surface area contributed by atoms with Crippen LogP contribution in [0.25, 0.3) is 0 Å². The summed E-state index contributed by atoms with van der Waals surface area (Å²) in [4.78, 5) is 12.2. The molecule has 1 atom stereocenters. The smallest absolute Gasteiger partial charge is 0.197 e. The molecule has 1 aromatic carbocycles. The van der Waals surface area contributed by atoms with Gasteiger partial charge in [-0.3, -0.25) is 4.79 Å². The highest BCUT2D eigenvalue weighted by Crippen LogP contribution is 2.21. The van der Waals surface area contributed by atoms with Gasteiger partial charge >= 0.3 is 0 Å². The zero-order chi connectivity index (χ0) is 12.1. The average molecular weight is 236 g/mol. The number of hydrogen-bond donors (Lipinski definition) is 0. The highest BCUT2D eigenvalue weighted by Gasteiger charge is 2.25. The van der Waals surface area contributed by atoms with Crippen molar-refractivity contribution in [3.05, 3.63) is 29.8 Å². The van der Waals surface area contributed by atoms with Gasteiger partial charge < -0.3 is 14.2 Å². The molecule has 17 heavy (non-hydrogen) atoms. The van der Waals surface area contributed by atoms with Gasteiger partial charge in [0.2, 0.25) is 0 Å². The second kappa shape index (κ2) is 5.80. The van der Waals surface area contributed by atoms with Gasteiger partial charge in [0.15, 0.2) is 5.78 Å². The molecule has 1 fully saturated rings. The van der Waals surface area contributed by atoms with Crippen LogP contribution in [0.1, 0.15) is 17.3 Å². The first-order valence-corrected chi connectivity index (χ1v) is 5.78. The molecule has 92 valence electrons. The van der Waals surface area contributed by atoms with Gasteiger partial charge in [0.25, 0.3) is 0 Å². The van der Waals surface area contributed by atoms with Crippen molar-refractivity contribution >= 4 is 5.78 Å². The summed E-state index contributed by atoms with van der Waals surface area (Å²) < 4.78 is 16.1. The molecule has 0 aromatic heterocycles. The van der Waals surface area contributed by atoms with Gasteiger partial charge in [-0.15, -0.1) is 0 Å². The maximum Gasteiger partial charge on any atom is 0.197 e. The van der Waals surface area contributed by atoms with Gasteiger partial charge in [-0.2, -0.15) is 0 Å². The van der Waals surface area contributed by atoms with E-state index in [1.165, 1.54) is 0 Å². The number of ether oxygens (including phenoxy) is 3. The Morgan fingerprint density at radius 2 is 2.24 bits per heavy atom. The summed E-state index contributed by atoms with van der Waals surface area (Å²) >= 11 is 0. The number of carbonyl (C=O) groups is 1. The molecule has 1 saturated heterocycles. The van der Waals surface area contributed by atoms with Gasteiger partial charge in [-0.05, 0) is 19.1 Å². The van der Waals surface area contributed by atoms with E-state index in [1.54, 1.807) is 12.1 Å². The fourth-order valence-corrected chi connectivity index (χ4v) is 1.76. The van der Waals surface area contributed by atoms with Crippen molar-refractivity contribution in [3.8, 4) is 5.75 Å². The molecule has 0 spiro atoms. The van der Waals surface area contributed by atoms with Crippen molar-refractivity contribution in [1.29, 1.82) is 0 Å². The lowest BCUT2D eigenvalue weighted by atomic mass is 10.1. The molecule has 0 radical (unpaired) electrons. The van der Waals surface area contributed by atoms with E-state index in [1.807, 2.05) is 19.1 Å². The maximum atomic E-state index is 12.2. The fourth-order valence-electron chi connectivity index (χ4n) is 1.76. The molecule has 4 nitrogen and oxygen atoms in total. The molecule has 1 unspecified atom stereocenters. The van der Waals surface area contributed by atoms with E-state index in [2.05, 4.69) is 0 Å². The minimum atomic E-state index is -0.509. The Bertz CT molecular complexity index is 383.